The molecular formula is C9H11N3O3. The number of guanidine groups is 1. The van der Waals surface area contributed by atoms with Gasteiger partial charge in [-0.15, -0.1) is 0 Å². The minimum Gasteiger partial charge on any atom is -0.503 e. The van der Waals surface area contributed by atoms with Crippen LogP contribution in [0, 0.1) is 0 Å². The molecule has 0 spiro atoms. The van der Waals surface area contributed by atoms with E-state index < -0.39 is 0 Å². The Hall–Kier alpha value is -2.24. The number of nitrogens with zero attached hydrogens (tertiary/aromatic N) is 1. The predicted molar refractivity (Wildman–Crippen MR) is 55.5 cm³/mol. The first-order valence-electron chi connectivity index (χ1n) is 4.04. The van der Waals surface area contributed by atoms with Crippen LogP contribution in [0.5, 0.6) is 11.5 Å². The molecule has 0 aliphatic rings. The summed E-state index contributed by atoms with van der Waals surface area (Å²) in [6.07, 6.45) is 0.605. The number of hydrogen-bond donors (Lipinski definition) is 3. The van der Waals surface area contributed by atoms with Gasteiger partial charge in [-0.1, -0.05) is 0 Å². The van der Waals surface area contributed by atoms with Crippen molar-refractivity contribution in [3.8, 4) is 11.5 Å². The Bertz CT molecular complexity index is 411. The Morgan fingerprint density at radius 1 is 1.53 bits per heavy atom. The van der Waals surface area contributed by atoms with Crippen molar-refractivity contribution >= 4 is 17.9 Å². The molecule has 0 aliphatic carbocycles. The maximum atomic E-state index is 10.6. The molecular weight excluding hydrogens is 198 g/mol. The number of methoxy groups -OCH3 is 1. The zero-order chi connectivity index (χ0) is 11.4. The summed E-state index contributed by atoms with van der Waals surface area (Å²) in [5, 5.41) is 9.60. The molecule has 80 valence electrons. The molecule has 0 heterocycles. The Morgan fingerprint density at radius 3 is 2.67 bits per heavy atom. The molecule has 0 radical (unpaired) electrons. The Kier molecular flexibility index (Phi) is 3.12. The van der Waals surface area contributed by atoms with Crippen molar-refractivity contribution in [3.05, 3.63) is 17.7 Å². The molecule has 1 aromatic rings. The van der Waals surface area contributed by atoms with Crippen LogP contribution in [0.4, 0.5) is 5.69 Å². The molecule has 6 heteroatoms. The number of ether oxygens (including phenoxy) is 1. The third-order valence-corrected chi connectivity index (χ3v) is 1.68. The lowest BCUT2D eigenvalue weighted by molar-refractivity contribution is 0.112. The number of aldehydes is 1. The van der Waals surface area contributed by atoms with E-state index in [-0.39, 0.29) is 23.1 Å². The summed E-state index contributed by atoms with van der Waals surface area (Å²) in [5.74, 6) is -0.286. The highest BCUT2D eigenvalue weighted by Gasteiger charge is 2.09. The second kappa shape index (κ2) is 4.32. The van der Waals surface area contributed by atoms with E-state index in [2.05, 4.69) is 4.99 Å². The molecule has 0 bridgehead atoms. The minimum absolute atomic E-state index is 0.0939. The van der Waals surface area contributed by atoms with E-state index >= 15 is 0 Å². The van der Waals surface area contributed by atoms with E-state index in [9.17, 15) is 9.90 Å². The first-order valence-corrected chi connectivity index (χ1v) is 4.04. The molecule has 6 nitrogen and oxygen atoms in total. The topological polar surface area (TPSA) is 111 Å². The van der Waals surface area contributed by atoms with Crippen LogP contribution in [0.15, 0.2) is 17.1 Å². The fourth-order valence-electron chi connectivity index (χ4n) is 1.06. The maximum Gasteiger partial charge on any atom is 0.191 e. The number of hydrogen-bond acceptors (Lipinski definition) is 4. The Balaban J connectivity index is 3.36. The van der Waals surface area contributed by atoms with Crippen molar-refractivity contribution in [1.29, 1.82) is 0 Å². The van der Waals surface area contributed by atoms with Gasteiger partial charge in [0.1, 0.15) is 12.0 Å². The van der Waals surface area contributed by atoms with Crippen LogP contribution in [0.1, 0.15) is 10.4 Å². The molecule has 5 N–H and O–H groups in total. The summed E-state index contributed by atoms with van der Waals surface area (Å²) in [6.45, 7) is 0. The predicted octanol–water partition coefficient (Wildman–Crippen LogP) is 0.118. The van der Waals surface area contributed by atoms with Gasteiger partial charge in [0.25, 0.3) is 0 Å². The smallest absolute Gasteiger partial charge is 0.191 e. The van der Waals surface area contributed by atoms with Crippen molar-refractivity contribution in [1.82, 2.24) is 0 Å². The molecule has 0 aliphatic heterocycles. The van der Waals surface area contributed by atoms with Crippen molar-refractivity contribution < 1.29 is 14.6 Å². The normalized spacial score (nSPS) is 9.40. The summed E-state index contributed by atoms with van der Waals surface area (Å²) in [4.78, 5) is 14.2. The van der Waals surface area contributed by atoms with Gasteiger partial charge in [0.05, 0.1) is 7.11 Å². The Labute approximate surface area is 86.2 Å². The van der Waals surface area contributed by atoms with Gasteiger partial charge in [0.2, 0.25) is 0 Å². The Morgan fingerprint density at radius 2 is 2.20 bits per heavy atom. The zero-order valence-corrected chi connectivity index (χ0v) is 8.10. The number of phenols is 1. The van der Waals surface area contributed by atoms with E-state index in [1.807, 2.05) is 0 Å². The number of nitrogens with two attached hydrogens (primary N) is 2. The van der Waals surface area contributed by atoms with Gasteiger partial charge in [-0.2, -0.15) is 0 Å². The number of phenolic OH excluding ortho intramolecular Hbond substituents is 1. The summed E-state index contributed by atoms with van der Waals surface area (Å²) in [5.41, 5.74) is 10.7. The monoisotopic (exact) mass is 209 g/mol. The number of carbonyl (C=O) groups excluding carboxylic acids is 1. The number of aromatic hydroxyl groups is 1. The molecule has 0 saturated carbocycles. The van der Waals surface area contributed by atoms with Crippen LogP contribution in [0.3, 0.4) is 0 Å². The lowest BCUT2D eigenvalue weighted by Gasteiger charge is -2.06. The third-order valence-electron chi connectivity index (χ3n) is 1.68. The highest BCUT2D eigenvalue weighted by molar-refractivity contribution is 5.84. The van der Waals surface area contributed by atoms with E-state index in [1.54, 1.807) is 0 Å². The van der Waals surface area contributed by atoms with E-state index in [1.165, 1.54) is 19.2 Å². The maximum absolute atomic E-state index is 10.6. The molecule has 1 rings (SSSR count). The summed E-state index contributed by atoms with van der Waals surface area (Å²) in [7, 11) is 1.36. The van der Waals surface area contributed by atoms with Crippen molar-refractivity contribution in [2.24, 2.45) is 16.5 Å². The van der Waals surface area contributed by atoms with Gasteiger partial charge in [0.15, 0.2) is 17.5 Å². The van der Waals surface area contributed by atoms with Crippen LogP contribution < -0.4 is 16.2 Å². The van der Waals surface area contributed by atoms with Gasteiger partial charge >= 0.3 is 0 Å². The van der Waals surface area contributed by atoms with Crippen LogP contribution >= 0.6 is 0 Å². The van der Waals surface area contributed by atoms with Crippen LogP contribution in [-0.4, -0.2) is 24.5 Å². The lowest BCUT2D eigenvalue weighted by atomic mass is 10.2. The van der Waals surface area contributed by atoms with Crippen LogP contribution in [0.25, 0.3) is 0 Å². The van der Waals surface area contributed by atoms with E-state index in [4.69, 9.17) is 16.2 Å². The van der Waals surface area contributed by atoms with Crippen molar-refractivity contribution in [3.63, 3.8) is 0 Å². The average Bonchev–Trinajstić information content (AvgIpc) is 2.20. The van der Waals surface area contributed by atoms with Gasteiger partial charge in [-0.05, 0) is 12.1 Å². The first-order chi connectivity index (χ1) is 7.08. The summed E-state index contributed by atoms with van der Waals surface area (Å²) >= 11 is 0. The van der Waals surface area contributed by atoms with Crippen LogP contribution in [0.2, 0.25) is 0 Å². The fourth-order valence-corrected chi connectivity index (χ4v) is 1.06. The molecule has 0 aromatic heterocycles. The van der Waals surface area contributed by atoms with Gasteiger partial charge in [-0.3, -0.25) is 4.79 Å². The second-order valence-electron chi connectivity index (χ2n) is 2.75. The number of benzene rings is 1. The number of aliphatic imine (C=N–C) groups is 1. The second-order valence-corrected chi connectivity index (χ2v) is 2.75. The molecule has 0 atom stereocenters. The molecule has 1 aromatic carbocycles. The molecule has 0 saturated heterocycles. The molecule has 0 fully saturated rings. The lowest BCUT2D eigenvalue weighted by Crippen LogP contribution is -2.21. The van der Waals surface area contributed by atoms with Crippen molar-refractivity contribution in [2.75, 3.05) is 7.11 Å². The van der Waals surface area contributed by atoms with Crippen LogP contribution in [-0.2, 0) is 0 Å². The summed E-state index contributed by atoms with van der Waals surface area (Å²) < 4.78 is 4.85. The standard InChI is InChI=1S/C9H11N3O3/c1-15-7-3-5(4-13)2-6(8(7)14)12-9(10)11/h2-4,14H,1H3,(H4,10,11,12). The van der Waals surface area contributed by atoms with Gasteiger partial charge in [-0.25, -0.2) is 4.99 Å². The molecule has 0 unspecified atom stereocenters. The van der Waals surface area contributed by atoms with Gasteiger partial charge in [0, 0.05) is 5.56 Å². The number of rotatable bonds is 3. The third kappa shape index (κ3) is 2.37. The highest BCUT2D eigenvalue weighted by Crippen LogP contribution is 2.36. The van der Waals surface area contributed by atoms with E-state index in [0.717, 1.165) is 0 Å². The summed E-state index contributed by atoms with van der Waals surface area (Å²) in [6, 6.07) is 2.73. The van der Waals surface area contributed by atoms with E-state index in [0.29, 0.717) is 11.8 Å². The molecule has 15 heavy (non-hydrogen) atoms. The average molecular weight is 209 g/mol. The SMILES string of the molecule is COc1cc(C=O)cc(N=C(N)N)c1O. The van der Waals surface area contributed by atoms with Crippen molar-refractivity contribution in [2.45, 2.75) is 0 Å². The highest BCUT2D eigenvalue weighted by atomic mass is 16.5. The largest absolute Gasteiger partial charge is 0.503 e. The minimum atomic E-state index is -0.213. The van der Waals surface area contributed by atoms with Gasteiger partial charge < -0.3 is 21.3 Å². The molecule has 0 amide bonds. The zero-order valence-electron chi connectivity index (χ0n) is 8.10. The number of carbonyl (C=O) groups is 1. The first kappa shape index (κ1) is 10.8. The fraction of sp³-hybridized carbons (Fsp3) is 0.111. The quantitative estimate of drug-likeness (QED) is 0.372.